The smallest absolute Gasteiger partial charge is 0.0192 e. The minimum absolute atomic E-state index is 0.740. The molecule has 2 N–H and O–H groups in total. The first kappa shape index (κ1) is 12.4. The summed E-state index contributed by atoms with van der Waals surface area (Å²) in [6.07, 6.45) is 11.3. The molecule has 2 heteroatoms. The van der Waals surface area contributed by atoms with E-state index in [4.69, 9.17) is 0 Å². The quantitative estimate of drug-likeness (QED) is 0.720. The molecule has 1 saturated carbocycles. The van der Waals surface area contributed by atoms with E-state index in [0.29, 0.717) is 0 Å². The van der Waals surface area contributed by atoms with Crippen molar-refractivity contribution in [2.75, 3.05) is 13.1 Å². The van der Waals surface area contributed by atoms with Crippen LogP contribution in [0.3, 0.4) is 0 Å². The van der Waals surface area contributed by atoms with E-state index in [0.717, 1.165) is 18.0 Å². The molecule has 0 aromatic heterocycles. The standard InChI is InChI=1S/C14H28N2/c1-12-7-3-2-4-9-14(12)16-11-13-8-5-6-10-15-13/h12-16H,2-11H2,1H3. The van der Waals surface area contributed by atoms with Crippen LogP contribution in [-0.2, 0) is 0 Å². The van der Waals surface area contributed by atoms with Crippen LogP contribution in [0.5, 0.6) is 0 Å². The lowest BCUT2D eigenvalue weighted by molar-refractivity contribution is 0.315. The van der Waals surface area contributed by atoms with Crippen molar-refractivity contribution >= 4 is 0 Å². The van der Waals surface area contributed by atoms with Crippen LogP contribution in [0.4, 0.5) is 0 Å². The highest BCUT2D eigenvalue weighted by Crippen LogP contribution is 2.23. The number of hydrogen-bond donors (Lipinski definition) is 2. The lowest BCUT2D eigenvalue weighted by Gasteiger charge is -2.28. The van der Waals surface area contributed by atoms with Crippen LogP contribution in [0.2, 0.25) is 0 Å². The highest BCUT2D eigenvalue weighted by atomic mass is 15.0. The average molecular weight is 224 g/mol. The summed E-state index contributed by atoms with van der Waals surface area (Å²) < 4.78 is 0. The van der Waals surface area contributed by atoms with E-state index in [2.05, 4.69) is 17.6 Å². The van der Waals surface area contributed by atoms with Gasteiger partial charge in [-0.3, -0.25) is 0 Å². The van der Waals surface area contributed by atoms with Crippen molar-refractivity contribution in [2.24, 2.45) is 5.92 Å². The summed E-state index contributed by atoms with van der Waals surface area (Å²) in [5.74, 6) is 0.881. The minimum Gasteiger partial charge on any atom is -0.313 e. The van der Waals surface area contributed by atoms with Crippen molar-refractivity contribution in [2.45, 2.75) is 70.4 Å². The summed E-state index contributed by atoms with van der Waals surface area (Å²) in [5, 5.41) is 7.45. The van der Waals surface area contributed by atoms with Gasteiger partial charge in [-0.15, -0.1) is 0 Å². The lowest BCUT2D eigenvalue weighted by atomic mass is 9.96. The van der Waals surface area contributed by atoms with Crippen molar-refractivity contribution in [1.82, 2.24) is 10.6 Å². The summed E-state index contributed by atoms with van der Waals surface area (Å²) in [6.45, 7) is 4.85. The number of rotatable bonds is 3. The Bertz CT molecular complexity index is 187. The molecule has 0 amide bonds. The molecule has 0 aromatic carbocycles. The zero-order chi connectivity index (χ0) is 11.2. The summed E-state index contributed by atoms with van der Waals surface area (Å²) in [5.41, 5.74) is 0. The molecule has 16 heavy (non-hydrogen) atoms. The fourth-order valence-corrected chi connectivity index (χ4v) is 3.19. The first-order chi connectivity index (χ1) is 7.86. The van der Waals surface area contributed by atoms with Crippen molar-refractivity contribution in [3.63, 3.8) is 0 Å². The van der Waals surface area contributed by atoms with E-state index in [9.17, 15) is 0 Å². The molecule has 1 aliphatic heterocycles. The summed E-state index contributed by atoms with van der Waals surface area (Å²) in [6, 6.07) is 1.52. The van der Waals surface area contributed by atoms with E-state index >= 15 is 0 Å². The van der Waals surface area contributed by atoms with E-state index in [1.54, 1.807) is 0 Å². The Morgan fingerprint density at radius 3 is 2.62 bits per heavy atom. The van der Waals surface area contributed by atoms with E-state index in [1.165, 1.54) is 64.5 Å². The zero-order valence-corrected chi connectivity index (χ0v) is 10.8. The predicted molar refractivity (Wildman–Crippen MR) is 69.7 cm³/mol. The maximum atomic E-state index is 3.82. The lowest BCUT2D eigenvalue weighted by Crippen LogP contribution is -2.46. The van der Waals surface area contributed by atoms with Gasteiger partial charge in [0.05, 0.1) is 0 Å². The first-order valence-corrected chi connectivity index (χ1v) is 7.33. The zero-order valence-electron chi connectivity index (χ0n) is 10.8. The molecule has 1 aliphatic carbocycles. The van der Waals surface area contributed by atoms with Gasteiger partial charge in [0.2, 0.25) is 0 Å². The molecule has 2 rings (SSSR count). The second-order valence-corrected chi connectivity index (χ2v) is 5.78. The molecule has 0 spiro atoms. The fraction of sp³-hybridized carbons (Fsp3) is 1.00. The number of nitrogens with one attached hydrogen (secondary N) is 2. The van der Waals surface area contributed by atoms with Crippen LogP contribution < -0.4 is 10.6 Å². The van der Waals surface area contributed by atoms with Gasteiger partial charge in [0.25, 0.3) is 0 Å². The van der Waals surface area contributed by atoms with Gasteiger partial charge >= 0.3 is 0 Å². The molecule has 3 unspecified atom stereocenters. The minimum atomic E-state index is 0.740. The maximum Gasteiger partial charge on any atom is 0.0192 e. The fourth-order valence-electron chi connectivity index (χ4n) is 3.19. The van der Waals surface area contributed by atoms with Gasteiger partial charge in [-0.25, -0.2) is 0 Å². The Hall–Kier alpha value is -0.0800. The molecule has 0 radical (unpaired) electrons. The highest BCUT2D eigenvalue weighted by Gasteiger charge is 2.21. The van der Waals surface area contributed by atoms with E-state index in [-0.39, 0.29) is 0 Å². The number of hydrogen-bond acceptors (Lipinski definition) is 2. The third kappa shape index (κ3) is 3.74. The average Bonchev–Trinajstić information content (AvgIpc) is 2.53. The summed E-state index contributed by atoms with van der Waals surface area (Å²) in [7, 11) is 0. The van der Waals surface area contributed by atoms with Crippen molar-refractivity contribution in [3.05, 3.63) is 0 Å². The van der Waals surface area contributed by atoms with Gasteiger partial charge in [0.1, 0.15) is 0 Å². The van der Waals surface area contributed by atoms with Crippen LogP contribution in [-0.4, -0.2) is 25.2 Å². The molecule has 1 heterocycles. The van der Waals surface area contributed by atoms with Crippen molar-refractivity contribution in [1.29, 1.82) is 0 Å². The van der Waals surface area contributed by atoms with Crippen molar-refractivity contribution < 1.29 is 0 Å². The molecule has 2 aliphatic rings. The van der Waals surface area contributed by atoms with Crippen molar-refractivity contribution in [3.8, 4) is 0 Å². The maximum absolute atomic E-state index is 3.82. The molecule has 0 aromatic rings. The summed E-state index contributed by atoms with van der Waals surface area (Å²) >= 11 is 0. The second-order valence-electron chi connectivity index (χ2n) is 5.78. The summed E-state index contributed by atoms with van der Waals surface area (Å²) in [4.78, 5) is 0. The molecule has 0 bridgehead atoms. The molecule has 2 fully saturated rings. The van der Waals surface area contributed by atoms with Crippen LogP contribution in [0.25, 0.3) is 0 Å². The van der Waals surface area contributed by atoms with Crippen LogP contribution >= 0.6 is 0 Å². The predicted octanol–water partition coefficient (Wildman–Crippen LogP) is 2.69. The van der Waals surface area contributed by atoms with E-state index in [1.807, 2.05) is 0 Å². The Morgan fingerprint density at radius 2 is 1.81 bits per heavy atom. The third-order valence-corrected chi connectivity index (χ3v) is 4.40. The molecule has 2 nitrogen and oxygen atoms in total. The largest absolute Gasteiger partial charge is 0.313 e. The van der Waals surface area contributed by atoms with Crippen LogP contribution in [0, 0.1) is 5.92 Å². The monoisotopic (exact) mass is 224 g/mol. The van der Waals surface area contributed by atoms with E-state index < -0.39 is 0 Å². The van der Waals surface area contributed by atoms with Gasteiger partial charge in [-0.1, -0.05) is 32.6 Å². The molecule has 1 saturated heterocycles. The highest BCUT2D eigenvalue weighted by molar-refractivity contribution is 4.81. The molecular weight excluding hydrogens is 196 g/mol. The van der Waals surface area contributed by atoms with Crippen LogP contribution in [0.1, 0.15) is 58.3 Å². The Morgan fingerprint density at radius 1 is 1.00 bits per heavy atom. The molecule has 94 valence electrons. The SMILES string of the molecule is CC1CCCCCC1NCC1CCCCN1. The van der Waals surface area contributed by atoms with Gasteiger partial charge < -0.3 is 10.6 Å². The number of piperidine rings is 1. The normalized spacial score (nSPS) is 36.9. The molecular formula is C14H28N2. The Kier molecular flexibility index (Phi) is 5.11. The van der Waals surface area contributed by atoms with Crippen LogP contribution in [0.15, 0.2) is 0 Å². The topological polar surface area (TPSA) is 24.1 Å². The Balaban J connectivity index is 1.70. The second kappa shape index (κ2) is 6.61. The third-order valence-electron chi connectivity index (χ3n) is 4.40. The molecule has 3 atom stereocenters. The van der Waals surface area contributed by atoms with Gasteiger partial charge in [0.15, 0.2) is 0 Å². The van der Waals surface area contributed by atoms with Gasteiger partial charge in [-0.2, -0.15) is 0 Å². The first-order valence-electron chi connectivity index (χ1n) is 7.33. The Labute approximate surface area is 101 Å². The van der Waals surface area contributed by atoms with Gasteiger partial charge in [-0.05, 0) is 38.1 Å². The van der Waals surface area contributed by atoms with Gasteiger partial charge in [0, 0.05) is 18.6 Å².